The van der Waals surface area contributed by atoms with Gasteiger partial charge in [0.25, 0.3) is 0 Å². The van der Waals surface area contributed by atoms with Crippen LogP contribution < -0.4 is 10.1 Å². The molecule has 1 aromatic heterocycles. The number of anilines is 2. The number of thioether (sulfide) groups is 1. The van der Waals surface area contributed by atoms with Gasteiger partial charge in [0.15, 0.2) is 15.9 Å². The van der Waals surface area contributed by atoms with E-state index in [1.807, 2.05) is 31.2 Å². The van der Waals surface area contributed by atoms with Crippen LogP contribution in [0, 0.1) is 12.7 Å². The molecular weight excluding hydrogens is 373 g/mol. The summed E-state index contributed by atoms with van der Waals surface area (Å²) in [6, 6.07) is 14.1. The SMILES string of the molecule is Cc1ccc(Nc2nnc(SC[C@@H](O)COc3ccccc3F)s2)cc1. The first-order chi connectivity index (χ1) is 12.6. The number of aliphatic hydroxyl groups excluding tert-OH is 1. The second-order valence-electron chi connectivity index (χ2n) is 5.57. The van der Waals surface area contributed by atoms with E-state index in [0.717, 1.165) is 10.0 Å². The van der Waals surface area contributed by atoms with E-state index in [0.29, 0.717) is 10.9 Å². The minimum atomic E-state index is -0.739. The zero-order valence-corrected chi connectivity index (χ0v) is 15.7. The average Bonchev–Trinajstić information content (AvgIpc) is 3.09. The molecule has 0 fully saturated rings. The second kappa shape index (κ2) is 8.98. The maximum absolute atomic E-state index is 13.5. The van der Waals surface area contributed by atoms with Crippen molar-refractivity contribution in [2.45, 2.75) is 17.4 Å². The van der Waals surface area contributed by atoms with Gasteiger partial charge in [-0.25, -0.2) is 4.39 Å². The fourth-order valence-corrected chi connectivity index (χ4v) is 3.75. The summed E-state index contributed by atoms with van der Waals surface area (Å²) < 4.78 is 19.5. The number of nitrogens with one attached hydrogen (secondary N) is 1. The predicted molar refractivity (Wildman–Crippen MR) is 103 cm³/mol. The smallest absolute Gasteiger partial charge is 0.210 e. The van der Waals surface area contributed by atoms with Crippen molar-refractivity contribution in [3.63, 3.8) is 0 Å². The van der Waals surface area contributed by atoms with Crippen LogP contribution in [0.1, 0.15) is 5.56 Å². The molecule has 3 aromatic rings. The number of ether oxygens (including phenoxy) is 1. The van der Waals surface area contributed by atoms with Gasteiger partial charge in [-0.1, -0.05) is 52.9 Å². The molecule has 3 rings (SSSR count). The van der Waals surface area contributed by atoms with E-state index in [1.165, 1.54) is 40.8 Å². The van der Waals surface area contributed by atoms with Gasteiger partial charge < -0.3 is 15.2 Å². The molecule has 0 spiro atoms. The van der Waals surface area contributed by atoms with E-state index in [-0.39, 0.29) is 12.4 Å². The lowest BCUT2D eigenvalue weighted by atomic mass is 10.2. The van der Waals surface area contributed by atoms with Gasteiger partial charge in [0, 0.05) is 11.4 Å². The number of aryl methyl sites for hydroxylation is 1. The molecule has 26 heavy (non-hydrogen) atoms. The summed E-state index contributed by atoms with van der Waals surface area (Å²) >= 11 is 2.79. The minimum absolute atomic E-state index is 0.0151. The van der Waals surface area contributed by atoms with E-state index in [1.54, 1.807) is 12.1 Å². The second-order valence-corrected chi connectivity index (χ2v) is 7.82. The Hall–Kier alpha value is -2.16. The van der Waals surface area contributed by atoms with Gasteiger partial charge in [-0.3, -0.25) is 0 Å². The van der Waals surface area contributed by atoms with E-state index in [2.05, 4.69) is 15.5 Å². The fraction of sp³-hybridized carbons (Fsp3) is 0.222. The van der Waals surface area contributed by atoms with Gasteiger partial charge in [0.2, 0.25) is 5.13 Å². The first kappa shape index (κ1) is 18.6. The van der Waals surface area contributed by atoms with Crippen LogP contribution in [0.2, 0.25) is 0 Å². The standard InChI is InChI=1S/C18H18FN3O2S2/c1-12-6-8-13(9-7-12)20-17-21-22-18(26-17)25-11-14(23)10-24-16-5-3-2-4-15(16)19/h2-9,14,23H,10-11H2,1H3,(H,20,21)/t14-/m0/s1. The Labute approximate surface area is 159 Å². The van der Waals surface area contributed by atoms with Crippen molar-refractivity contribution in [1.29, 1.82) is 0 Å². The summed E-state index contributed by atoms with van der Waals surface area (Å²) in [4.78, 5) is 0. The topological polar surface area (TPSA) is 67.3 Å². The number of para-hydroxylation sites is 1. The van der Waals surface area contributed by atoms with Crippen LogP contribution in [0.4, 0.5) is 15.2 Å². The van der Waals surface area contributed by atoms with Gasteiger partial charge >= 0.3 is 0 Å². The number of hydrogen-bond acceptors (Lipinski definition) is 7. The third kappa shape index (κ3) is 5.42. The lowest BCUT2D eigenvalue weighted by molar-refractivity contribution is 0.123. The van der Waals surface area contributed by atoms with E-state index < -0.39 is 11.9 Å². The summed E-state index contributed by atoms with van der Waals surface area (Å²) in [5.74, 6) is 0.0773. The molecule has 0 radical (unpaired) electrons. The van der Waals surface area contributed by atoms with Crippen molar-refractivity contribution < 1.29 is 14.2 Å². The van der Waals surface area contributed by atoms with E-state index in [4.69, 9.17) is 4.74 Å². The monoisotopic (exact) mass is 391 g/mol. The highest BCUT2D eigenvalue weighted by atomic mass is 32.2. The van der Waals surface area contributed by atoms with Crippen LogP contribution in [0.15, 0.2) is 52.9 Å². The summed E-state index contributed by atoms with van der Waals surface area (Å²) in [5.41, 5.74) is 2.14. The maximum atomic E-state index is 13.5. The molecule has 0 saturated carbocycles. The molecule has 1 atom stereocenters. The zero-order valence-electron chi connectivity index (χ0n) is 14.1. The van der Waals surface area contributed by atoms with Crippen molar-refractivity contribution in [3.8, 4) is 5.75 Å². The van der Waals surface area contributed by atoms with Crippen LogP contribution in [-0.4, -0.2) is 33.8 Å². The quantitative estimate of drug-likeness (QED) is 0.559. The molecule has 0 aliphatic heterocycles. The Morgan fingerprint density at radius 3 is 2.73 bits per heavy atom. The molecule has 0 bridgehead atoms. The Bertz CT molecular complexity index is 842. The maximum Gasteiger partial charge on any atom is 0.210 e. The largest absolute Gasteiger partial charge is 0.488 e. The van der Waals surface area contributed by atoms with Gasteiger partial charge in [-0.05, 0) is 31.2 Å². The number of aromatic nitrogens is 2. The number of halogens is 1. The van der Waals surface area contributed by atoms with Crippen LogP contribution in [-0.2, 0) is 0 Å². The van der Waals surface area contributed by atoms with Gasteiger partial charge in [0.05, 0.1) is 6.10 Å². The van der Waals surface area contributed by atoms with Crippen molar-refractivity contribution in [1.82, 2.24) is 10.2 Å². The highest BCUT2D eigenvalue weighted by Gasteiger charge is 2.11. The molecule has 0 aliphatic rings. The summed E-state index contributed by atoms with van der Waals surface area (Å²) in [6.45, 7) is 2.05. The lowest BCUT2D eigenvalue weighted by Gasteiger charge is -2.11. The number of rotatable bonds is 8. The van der Waals surface area contributed by atoms with Crippen molar-refractivity contribution in [3.05, 3.63) is 59.9 Å². The average molecular weight is 391 g/mol. The molecule has 0 saturated heterocycles. The first-order valence-electron chi connectivity index (χ1n) is 7.95. The Kier molecular flexibility index (Phi) is 6.43. The molecule has 0 aliphatic carbocycles. The number of hydrogen-bond donors (Lipinski definition) is 2. The molecule has 8 heteroatoms. The number of benzene rings is 2. The normalized spacial score (nSPS) is 12.0. The van der Waals surface area contributed by atoms with Crippen molar-refractivity contribution in [2.75, 3.05) is 17.7 Å². The van der Waals surface area contributed by atoms with Gasteiger partial charge in [-0.2, -0.15) is 0 Å². The number of aliphatic hydroxyl groups is 1. The van der Waals surface area contributed by atoms with Crippen LogP contribution >= 0.6 is 23.1 Å². The predicted octanol–water partition coefficient (Wildman–Crippen LogP) is 4.26. The fourth-order valence-electron chi connectivity index (χ4n) is 2.04. The van der Waals surface area contributed by atoms with Crippen LogP contribution in [0.25, 0.3) is 0 Å². The molecule has 5 nitrogen and oxygen atoms in total. The Morgan fingerprint density at radius 1 is 1.19 bits per heavy atom. The highest BCUT2D eigenvalue weighted by molar-refractivity contribution is 8.01. The third-order valence-electron chi connectivity index (χ3n) is 3.38. The van der Waals surface area contributed by atoms with Gasteiger partial charge in [0.1, 0.15) is 6.61 Å². The Balaban J connectivity index is 1.45. The van der Waals surface area contributed by atoms with E-state index >= 15 is 0 Å². The minimum Gasteiger partial charge on any atom is -0.488 e. The number of nitrogens with zero attached hydrogens (tertiary/aromatic N) is 2. The van der Waals surface area contributed by atoms with Gasteiger partial charge in [-0.15, -0.1) is 10.2 Å². The lowest BCUT2D eigenvalue weighted by Crippen LogP contribution is -2.20. The van der Waals surface area contributed by atoms with Crippen molar-refractivity contribution >= 4 is 33.9 Å². The molecule has 0 amide bonds. The van der Waals surface area contributed by atoms with Crippen LogP contribution in [0.5, 0.6) is 5.75 Å². The molecule has 2 N–H and O–H groups in total. The molecule has 1 heterocycles. The molecule has 0 unspecified atom stereocenters. The third-order valence-corrected chi connectivity index (χ3v) is 5.49. The molecule has 136 valence electrons. The summed E-state index contributed by atoms with van der Waals surface area (Å²) in [5, 5.41) is 22.1. The Morgan fingerprint density at radius 2 is 1.96 bits per heavy atom. The molecule has 2 aromatic carbocycles. The summed E-state index contributed by atoms with van der Waals surface area (Å²) in [7, 11) is 0. The first-order valence-corrected chi connectivity index (χ1v) is 9.76. The molecular formula is C18H18FN3O2S2. The highest BCUT2D eigenvalue weighted by Crippen LogP contribution is 2.28. The van der Waals surface area contributed by atoms with Crippen LogP contribution in [0.3, 0.4) is 0 Å². The van der Waals surface area contributed by atoms with Crippen molar-refractivity contribution in [2.24, 2.45) is 0 Å². The zero-order chi connectivity index (χ0) is 18.4. The van der Waals surface area contributed by atoms with E-state index in [9.17, 15) is 9.50 Å². The summed E-state index contributed by atoms with van der Waals surface area (Å²) in [6.07, 6.45) is -0.739.